The topological polar surface area (TPSA) is 23.6 Å². The Bertz CT molecular complexity index is 473. The van der Waals surface area contributed by atoms with Crippen molar-refractivity contribution < 1.29 is 4.79 Å². The number of amides is 1. The van der Waals surface area contributed by atoms with E-state index < -0.39 is 0 Å². The van der Waals surface area contributed by atoms with Crippen molar-refractivity contribution >= 4 is 5.91 Å². The Balaban J connectivity index is 1.64. The van der Waals surface area contributed by atoms with Crippen molar-refractivity contribution in [1.82, 2.24) is 9.80 Å². The molecule has 2 saturated heterocycles. The van der Waals surface area contributed by atoms with Gasteiger partial charge in [-0.15, -0.1) is 0 Å². The highest BCUT2D eigenvalue weighted by Gasteiger charge is 2.34. The van der Waals surface area contributed by atoms with E-state index in [1.807, 2.05) is 6.07 Å². The van der Waals surface area contributed by atoms with Crippen molar-refractivity contribution in [3.63, 3.8) is 0 Å². The normalized spacial score (nSPS) is 27.0. The molecule has 3 rings (SSSR count). The van der Waals surface area contributed by atoms with Crippen LogP contribution in [-0.2, 0) is 11.3 Å². The van der Waals surface area contributed by atoms with Crippen LogP contribution >= 0.6 is 0 Å². The van der Waals surface area contributed by atoms with Crippen molar-refractivity contribution in [2.24, 2.45) is 5.92 Å². The molecular weight excluding hydrogens is 260 g/mol. The summed E-state index contributed by atoms with van der Waals surface area (Å²) in [5.74, 6) is 1.03. The third kappa shape index (κ3) is 3.46. The quantitative estimate of drug-likeness (QED) is 0.853. The van der Waals surface area contributed by atoms with Gasteiger partial charge in [0, 0.05) is 19.6 Å². The van der Waals surface area contributed by atoms with Gasteiger partial charge in [0.25, 0.3) is 0 Å². The zero-order chi connectivity index (χ0) is 14.7. The molecule has 114 valence electrons. The van der Waals surface area contributed by atoms with Crippen molar-refractivity contribution in [2.45, 2.75) is 45.2 Å². The second kappa shape index (κ2) is 6.61. The molecule has 1 aromatic rings. The van der Waals surface area contributed by atoms with Crippen LogP contribution in [0.2, 0.25) is 0 Å². The molecule has 1 amide bonds. The fraction of sp³-hybridized carbons (Fsp3) is 0.611. The molecule has 2 fully saturated rings. The number of carbonyl (C=O) groups excluding carboxylic acids is 1. The molecule has 3 heteroatoms. The minimum atomic E-state index is 0.107. The second-order valence-corrected chi connectivity index (χ2v) is 6.65. The van der Waals surface area contributed by atoms with Gasteiger partial charge in [-0.25, -0.2) is 0 Å². The largest absolute Gasteiger partial charge is 0.341 e. The summed E-state index contributed by atoms with van der Waals surface area (Å²) in [4.78, 5) is 17.3. The Morgan fingerprint density at radius 2 is 1.90 bits per heavy atom. The third-order valence-electron chi connectivity index (χ3n) is 4.85. The highest BCUT2D eigenvalue weighted by atomic mass is 16.2. The van der Waals surface area contributed by atoms with Gasteiger partial charge >= 0.3 is 0 Å². The summed E-state index contributed by atoms with van der Waals surface area (Å²) in [6.45, 7) is 6.12. The van der Waals surface area contributed by atoms with E-state index in [0.29, 0.717) is 11.8 Å². The zero-order valence-corrected chi connectivity index (χ0v) is 13.0. The first-order chi connectivity index (χ1) is 10.2. The monoisotopic (exact) mass is 286 g/mol. The lowest BCUT2D eigenvalue weighted by Crippen LogP contribution is -2.48. The number of hydrogen-bond acceptors (Lipinski definition) is 2. The molecule has 0 unspecified atom stereocenters. The van der Waals surface area contributed by atoms with Gasteiger partial charge in [-0.3, -0.25) is 9.69 Å². The maximum absolute atomic E-state index is 12.8. The Morgan fingerprint density at radius 3 is 2.67 bits per heavy atom. The number of likely N-dealkylation sites (tertiary alicyclic amines) is 2. The lowest BCUT2D eigenvalue weighted by molar-refractivity contribution is -0.137. The van der Waals surface area contributed by atoms with Crippen molar-refractivity contribution in [2.75, 3.05) is 19.6 Å². The van der Waals surface area contributed by atoms with Crippen LogP contribution in [0, 0.1) is 5.92 Å². The Kier molecular flexibility index (Phi) is 4.59. The highest BCUT2D eigenvalue weighted by molar-refractivity contribution is 5.82. The molecule has 0 aromatic heterocycles. The van der Waals surface area contributed by atoms with Crippen LogP contribution in [-0.4, -0.2) is 41.4 Å². The van der Waals surface area contributed by atoms with Crippen LogP contribution in [0.1, 0.15) is 38.2 Å². The van der Waals surface area contributed by atoms with Gasteiger partial charge in [0.1, 0.15) is 0 Å². The first kappa shape index (κ1) is 14.6. The third-order valence-corrected chi connectivity index (χ3v) is 4.85. The van der Waals surface area contributed by atoms with Gasteiger partial charge in [0.15, 0.2) is 0 Å². The highest BCUT2D eigenvalue weighted by Crippen LogP contribution is 2.24. The molecule has 2 heterocycles. The number of carbonyl (C=O) groups is 1. The molecule has 0 aliphatic carbocycles. The molecule has 0 saturated carbocycles. The maximum atomic E-state index is 12.8. The van der Waals surface area contributed by atoms with E-state index in [-0.39, 0.29) is 6.04 Å². The molecule has 0 radical (unpaired) electrons. The number of piperidine rings is 1. The van der Waals surface area contributed by atoms with Crippen LogP contribution in [0.15, 0.2) is 30.3 Å². The molecule has 21 heavy (non-hydrogen) atoms. The fourth-order valence-electron chi connectivity index (χ4n) is 3.71. The molecule has 0 spiro atoms. The lowest BCUT2D eigenvalue weighted by atomic mass is 9.99. The molecule has 0 bridgehead atoms. The fourth-order valence-corrected chi connectivity index (χ4v) is 3.71. The van der Waals surface area contributed by atoms with Crippen molar-refractivity contribution in [1.29, 1.82) is 0 Å². The van der Waals surface area contributed by atoms with Gasteiger partial charge in [-0.2, -0.15) is 0 Å². The molecular formula is C18H26N2O. The summed E-state index contributed by atoms with van der Waals surface area (Å²) in [6.07, 6.45) is 4.60. The summed E-state index contributed by atoms with van der Waals surface area (Å²) >= 11 is 0. The summed E-state index contributed by atoms with van der Waals surface area (Å²) < 4.78 is 0. The Morgan fingerprint density at radius 1 is 1.14 bits per heavy atom. The van der Waals surface area contributed by atoms with Gasteiger partial charge in [0.05, 0.1) is 6.04 Å². The number of nitrogens with zero attached hydrogens (tertiary/aromatic N) is 2. The molecule has 2 aliphatic rings. The van der Waals surface area contributed by atoms with Crippen LogP contribution in [0.5, 0.6) is 0 Å². The standard InChI is InChI=1S/C18H26N2O/c1-15-7-5-12-20(13-15)18(21)17-10-6-11-19(17)14-16-8-3-2-4-9-16/h2-4,8-9,15,17H,5-7,10-14H2,1H3/t15-,17+/m0/s1. The zero-order valence-electron chi connectivity index (χ0n) is 13.0. The van der Waals surface area contributed by atoms with Crippen LogP contribution in [0.3, 0.4) is 0 Å². The van der Waals surface area contributed by atoms with Crippen molar-refractivity contribution in [3.05, 3.63) is 35.9 Å². The van der Waals surface area contributed by atoms with E-state index in [1.165, 1.54) is 12.0 Å². The van der Waals surface area contributed by atoms with Crippen LogP contribution in [0.4, 0.5) is 0 Å². The average Bonchev–Trinajstić information content (AvgIpc) is 2.95. The Hall–Kier alpha value is -1.35. The molecule has 1 aromatic carbocycles. The summed E-state index contributed by atoms with van der Waals surface area (Å²) in [5, 5.41) is 0. The van der Waals surface area contributed by atoms with Crippen molar-refractivity contribution in [3.8, 4) is 0 Å². The van der Waals surface area contributed by atoms with Gasteiger partial charge < -0.3 is 4.90 Å². The van der Waals surface area contributed by atoms with E-state index in [0.717, 1.165) is 45.4 Å². The molecule has 3 nitrogen and oxygen atoms in total. The smallest absolute Gasteiger partial charge is 0.239 e. The van der Waals surface area contributed by atoms with E-state index >= 15 is 0 Å². The Labute approximate surface area is 127 Å². The SMILES string of the molecule is C[C@H]1CCCN(C(=O)[C@H]2CCCN2Cc2ccccc2)C1. The van der Waals surface area contributed by atoms with Gasteiger partial charge in [-0.05, 0) is 43.7 Å². The summed E-state index contributed by atoms with van der Waals surface area (Å²) in [7, 11) is 0. The van der Waals surface area contributed by atoms with Gasteiger partial charge in [-0.1, -0.05) is 37.3 Å². The summed E-state index contributed by atoms with van der Waals surface area (Å²) in [5.41, 5.74) is 1.31. The van der Waals surface area contributed by atoms with Crippen LogP contribution < -0.4 is 0 Å². The van der Waals surface area contributed by atoms with Gasteiger partial charge in [0.2, 0.25) is 5.91 Å². The van der Waals surface area contributed by atoms with E-state index in [9.17, 15) is 4.79 Å². The molecule has 0 N–H and O–H groups in total. The maximum Gasteiger partial charge on any atom is 0.239 e. The number of benzene rings is 1. The van der Waals surface area contributed by atoms with E-state index in [4.69, 9.17) is 0 Å². The average molecular weight is 286 g/mol. The summed E-state index contributed by atoms with van der Waals surface area (Å²) in [6, 6.07) is 10.6. The predicted molar refractivity (Wildman–Crippen MR) is 84.9 cm³/mol. The second-order valence-electron chi connectivity index (χ2n) is 6.65. The van der Waals surface area contributed by atoms with E-state index in [1.54, 1.807) is 0 Å². The lowest BCUT2D eigenvalue weighted by Gasteiger charge is -2.35. The first-order valence-electron chi connectivity index (χ1n) is 8.31. The minimum Gasteiger partial charge on any atom is -0.341 e. The number of rotatable bonds is 3. The predicted octanol–water partition coefficient (Wildman–Crippen LogP) is 2.91. The minimum absolute atomic E-state index is 0.107. The molecule has 2 atom stereocenters. The number of hydrogen-bond donors (Lipinski definition) is 0. The van der Waals surface area contributed by atoms with Crippen LogP contribution in [0.25, 0.3) is 0 Å². The molecule has 2 aliphatic heterocycles. The first-order valence-corrected chi connectivity index (χ1v) is 8.31. The van der Waals surface area contributed by atoms with E-state index in [2.05, 4.69) is 41.0 Å².